The third-order valence-electron chi connectivity index (χ3n) is 4.77. The zero-order chi connectivity index (χ0) is 19.6. The number of piperidine rings is 1. The van der Waals surface area contributed by atoms with Crippen molar-refractivity contribution in [3.8, 4) is 0 Å². The lowest BCUT2D eigenvalue weighted by molar-refractivity contribution is -0.120. The monoisotopic (exact) mass is 406 g/mol. The molecule has 1 saturated heterocycles. The summed E-state index contributed by atoms with van der Waals surface area (Å²) in [6.45, 7) is 4.14. The molecule has 3 rings (SSSR count). The van der Waals surface area contributed by atoms with Gasteiger partial charge in [0.25, 0.3) is 0 Å². The molecule has 0 bridgehead atoms. The molecule has 0 aliphatic carbocycles. The van der Waals surface area contributed by atoms with Gasteiger partial charge in [-0.3, -0.25) is 4.79 Å². The highest BCUT2D eigenvalue weighted by Gasteiger charge is 2.37. The van der Waals surface area contributed by atoms with Crippen molar-refractivity contribution < 1.29 is 13.2 Å². The number of carbonyl (C=O) groups excluding carboxylic acids is 1. The molecule has 2 aromatic rings. The second-order valence-electron chi connectivity index (χ2n) is 6.91. The van der Waals surface area contributed by atoms with Crippen LogP contribution >= 0.6 is 11.6 Å². The first-order valence-electron chi connectivity index (χ1n) is 8.94. The Labute approximate surface area is 165 Å². The second-order valence-corrected chi connectivity index (χ2v) is 9.21. The Morgan fingerprint density at radius 2 is 1.74 bits per heavy atom. The highest BCUT2D eigenvalue weighted by molar-refractivity contribution is 7.89. The molecular weight excluding hydrogens is 384 g/mol. The van der Waals surface area contributed by atoms with E-state index in [9.17, 15) is 13.2 Å². The third-order valence-corrected chi connectivity index (χ3v) is 7.00. The number of aryl methyl sites for hydroxylation is 2. The van der Waals surface area contributed by atoms with Gasteiger partial charge in [-0.1, -0.05) is 41.8 Å². The summed E-state index contributed by atoms with van der Waals surface area (Å²) in [4.78, 5) is 13.1. The Hall–Kier alpha value is -1.89. The summed E-state index contributed by atoms with van der Waals surface area (Å²) < 4.78 is 27.5. The average Bonchev–Trinajstić information content (AvgIpc) is 2.64. The Kier molecular flexibility index (Phi) is 5.89. The van der Waals surface area contributed by atoms with Crippen molar-refractivity contribution in [3.05, 3.63) is 58.6 Å². The number of hydrogen-bond acceptors (Lipinski definition) is 3. The molecule has 0 spiro atoms. The zero-order valence-electron chi connectivity index (χ0n) is 15.4. The van der Waals surface area contributed by atoms with E-state index in [-0.39, 0.29) is 10.8 Å². The molecular formula is C20H23ClN2O3S. The fraction of sp³-hybridized carbons (Fsp3) is 0.350. The van der Waals surface area contributed by atoms with Gasteiger partial charge in [-0.05, 0) is 56.5 Å². The molecule has 5 nitrogen and oxygen atoms in total. The molecule has 1 fully saturated rings. The number of rotatable bonds is 4. The van der Waals surface area contributed by atoms with E-state index in [0.29, 0.717) is 23.7 Å². The molecule has 144 valence electrons. The number of amides is 1. The summed E-state index contributed by atoms with van der Waals surface area (Å²) in [6, 6.07) is 11.3. The number of halogens is 1. The first-order chi connectivity index (χ1) is 12.8. The van der Waals surface area contributed by atoms with Crippen LogP contribution in [0.25, 0.3) is 0 Å². The molecule has 1 amide bonds. The van der Waals surface area contributed by atoms with Crippen molar-refractivity contribution in [2.24, 2.45) is 0 Å². The predicted molar refractivity (Wildman–Crippen MR) is 108 cm³/mol. The topological polar surface area (TPSA) is 66.5 Å². The first kappa shape index (κ1) is 19.9. The van der Waals surface area contributed by atoms with E-state index in [1.165, 1.54) is 4.31 Å². The van der Waals surface area contributed by atoms with Gasteiger partial charge >= 0.3 is 0 Å². The summed E-state index contributed by atoms with van der Waals surface area (Å²) in [6.07, 6.45) is 2.03. The van der Waals surface area contributed by atoms with Crippen LogP contribution in [0.15, 0.2) is 47.4 Å². The lowest BCUT2D eigenvalue weighted by Gasteiger charge is -2.33. The molecule has 27 heavy (non-hydrogen) atoms. The predicted octanol–water partition coefficient (Wildman–Crippen LogP) is 4.14. The highest BCUT2D eigenvalue weighted by atomic mass is 35.5. The number of anilines is 1. The number of nitrogens with one attached hydrogen (secondary N) is 1. The molecule has 1 atom stereocenters. The number of carbonyl (C=O) groups is 1. The van der Waals surface area contributed by atoms with Crippen LogP contribution in [0.3, 0.4) is 0 Å². The molecule has 0 aromatic heterocycles. The Morgan fingerprint density at radius 3 is 2.41 bits per heavy atom. The quantitative estimate of drug-likeness (QED) is 0.829. The maximum absolute atomic E-state index is 13.1. The number of sulfonamides is 1. The van der Waals surface area contributed by atoms with E-state index >= 15 is 0 Å². The lowest BCUT2D eigenvalue weighted by Crippen LogP contribution is -2.49. The average molecular weight is 407 g/mol. The van der Waals surface area contributed by atoms with Crippen molar-refractivity contribution in [1.82, 2.24) is 4.31 Å². The van der Waals surface area contributed by atoms with E-state index in [1.807, 2.05) is 19.9 Å². The largest absolute Gasteiger partial charge is 0.323 e. The maximum atomic E-state index is 13.1. The van der Waals surface area contributed by atoms with Gasteiger partial charge in [0.15, 0.2) is 0 Å². The van der Waals surface area contributed by atoms with Crippen molar-refractivity contribution in [3.63, 3.8) is 0 Å². The van der Waals surface area contributed by atoms with Crippen molar-refractivity contribution in [2.45, 2.75) is 44.0 Å². The van der Waals surface area contributed by atoms with Crippen LogP contribution in [0.1, 0.15) is 30.4 Å². The van der Waals surface area contributed by atoms with Crippen LogP contribution in [0.5, 0.6) is 0 Å². The van der Waals surface area contributed by atoms with Gasteiger partial charge in [-0.15, -0.1) is 0 Å². The first-order valence-corrected chi connectivity index (χ1v) is 10.8. The van der Waals surface area contributed by atoms with Crippen LogP contribution in [0, 0.1) is 13.8 Å². The van der Waals surface area contributed by atoms with Gasteiger partial charge in [0.1, 0.15) is 6.04 Å². The van der Waals surface area contributed by atoms with Crippen LogP contribution in [-0.2, 0) is 14.8 Å². The molecule has 1 N–H and O–H groups in total. The number of hydrogen-bond donors (Lipinski definition) is 1. The van der Waals surface area contributed by atoms with Gasteiger partial charge in [0.05, 0.1) is 15.6 Å². The van der Waals surface area contributed by atoms with Crippen LogP contribution in [0.4, 0.5) is 5.69 Å². The summed E-state index contributed by atoms with van der Waals surface area (Å²) in [7, 11) is -3.74. The summed E-state index contributed by atoms with van der Waals surface area (Å²) in [5.74, 6) is -0.351. The van der Waals surface area contributed by atoms with Crippen LogP contribution in [-0.4, -0.2) is 31.2 Å². The molecule has 7 heteroatoms. The SMILES string of the molecule is Cc1ccc(S(=O)(=O)N2CCCCC2C(=O)Nc2ccc(C)cc2Cl)cc1. The van der Waals surface area contributed by atoms with E-state index in [4.69, 9.17) is 11.6 Å². The van der Waals surface area contributed by atoms with Crippen LogP contribution < -0.4 is 5.32 Å². The summed E-state index contributed by atoms with van der Waals surface area (Å²) >= 11 is 6.20. The summed E-state index contributed by atoms with van der Waals surface area (Å²) in [5.41, 5.74) is 2.46. The fourth-order valence-electron chi connectivity index (χ4n) is 3.24. The van der Waals surface area contributed by atoms with E-state index < -0.39 is 16.1 Å². The van der Waals surface area contributed by atoms with Crippen LogP contribution in [0.2, 0.25) is 5.02 Å². The second kappa shape index (κ2) is 8.00. The Balaban J connectivity index is 1.86. The van der Waals surface area contributed by atoms with Gasteiger partial charge in [0, 0.05) is 6.54 Å². The third kappa shape index (κ3) is 4.34. The normalized spacial score (nSPS) is 18.3. The standard InChI is InChI=1S/C20H23ClN2O3S/c1-14-6-9-16(10-7-14)27(25,26)23-12-4-3-5-19(23)20(24)22-18-11-8-15(2)13-17(18)21/h6-11,13,19H,3-5,12H2,1-2H3,(H,22,24). The van der Waals surface area contributed by atoms with Crippen molar-refractivity contribution >= 4 is 33.2 Å². The number of nitrogens with zero attached hydrogens (tertiary/aromatic N) is 1. The molecule has 1 aliphatic heterocycles. The molecule has 1 unspecified atom stereocenters. The minimum atomic E-state index is -3.74. The minimum absolute atomic E-state index is 0.209. The van der Waals surface area contributed by atoms with E-state index in [1.54, 1.807) is 36.4 Å². The lowest BCUT2D eigenvalue weighted by atomic mass is 10.0. The van der Waals surface area contributed by atoms with E-state index in [2.05, 4.69) is 5.32 Å². The maximum Gasteiger partial charge on any atom is 0.243 e. The molecule has 0 saturated carbocycles. The molecule has 1 heterocycles. The number of benzene rings is 2. The van der Waals surface area contributed by atoms with Gasteiger partial charge in [0.2, 0.25) is 15.9 Å². The molecule has 2 aromatic carbocycles. The molecule has 1 aliphatic rings. The van der Waals surface area contributed by atoms with E-state index in [0.717, 1.165) is 24.0 Å². The fourth-order valence-corrected chi connectivity index (χ4v) is 5.18. The van der Waals surface area contributed by atoms with Crippen molar-refractivity contribution in [1.29, 1.82) is 0 Å². The minimum Gasteiger partial charge on any atom is -0.323 e. The van der Waals surface area contributed by atoms with Gasteiger partial charge in [-0.25, -0.2) is 8.42 Å². The highest BCUT2D eigenvalue weighted by Crippen LogP contribution is 2.28. The zero-order valence-corrected chi connectivity index (χ0v) is 17.0. The summed E-state index contributed by atoms with van der Waals surface area (Å²) in [5, 5.41) is 3.23. The van der Waals surface area contributed by atoms with Gasteiger partial charge in [-0.2, -0.15) is 4.31 Å². The molecule has 0 radical (unpaired) electrons. The Morgan fingerprint density at radius 1 is 1.07 bits per heavy atom. The Bertz CT molecular complexity index is 942. The van der Waals surface area contributed by atoms with Crippen molar-refractivity contribution in [2.75, 3.05) is 11.9 Å². The smallest absolute Gasteiger partial charge is 0.243 e. The van der Waals surface area contributed by atoms with Gasteiger partial charge < -0.3 is 5.32 Å².